The molecule has 0 spiro atoms. The van der Waals surface area contributed by atoms with Crippen molar-refractivity contribution in [2.75, 3.05) is 0 Å². The molecule has 3 aromatic rings. The fourth-order valence-corrected chi connectivity index (χ4v) is 2.84. The van der Waals surface area contributed by atoms with Gasteiger partial charge in [0.05, 0.1) is 18.1 Å². The Labute approximate surface area is 162 Å². The average molecular weight is 373 g/mol. The molecule has 0 bridgehead atoms. The molecule has 1 atom stereocenters. The highest BCUT2D eigenvalue weighted by molar-refractivity contribution is 5.83. The lowest BCUT2D eigenvalue weighted by Gasteiger charge is -2.16. The number of carbonyl (C=O) groups is 2. The van der Waals surface area contributed by atoms with Crippen LogP contribution in [0.25, 0.3) is 11.1 Å². The predicted octanol–water partition coefficient (Wildman–Crippen LogP) is 3.19. The molecule has 0 saturated heterocycles. The fraction of sp³-hybridized carbons (Fsp3) is 0.136. The summed E-state index contributed by atoms with van der Waals surface area (Å²) in [4.78, 5) is 24.1. The van der Waals surface area contributed by atoms with E-state index in [0.717, 1.165) is 16.7 Å². The monoisotopic (exact) mass is 373 g/mol. The van der Waals surface area contributed by atoms with Crippen LogP contribution in [0, 0.1) is 11.3 Å². The highest BCUT2D eigenvalue weighted by Gasteiger charge is 2.24. The van der Waals surface area contributed by atoms with Crippen LogP contribution in [0.15, 0.2) is 73.1 Å². The standard InChI is InChI=1S/C22H19N3O3/c23-13-16-6-8-18(9-7-16)19-10-11-25(14-19)20(12-21(24)26)22(27)28-15-17-4-2-1-3-5-17/h1-11,14,20H,12,15H2,(H2,24,26)/t20-/m1/s1. The Bertz CT molecular complexity index is 1000. The summed E-state index contributed by atoms with van der Waals surface area (Å²) < 4.78 is 7.02. The minimum absolute atomic E-state index is 0.124. The van der Waals surface area contributed by atoms with E-state index in [0.29, 0.717) is 5.56 Å². The summed E-state index contributed by atoms with van der Waals surface area (Å²) in [6.45, 7) is 0.124. The van der Waals surface area contributed by atoms with Gasteiger partial charge in [-0.05, 0) is 34.9 Å². The topological polar surface area (TPSA) is 98.1 Å². The molecule has 0 aliphatic rings. The van der Waals surface area contributed by atoms with Crippen molar-refractivity contribution in [1.29, 1.82) is 5.26 Å². The molecule has 2 N–H and O–H groups in total. The van der Waals surface area contributed by atoms with Gasteiger partial charge in [0, 0.05) is 12.4 Å². The number of esters is 1. The van der Waals surface area contributed by atoms with Crippen LogP contribution in [0.2, 0.25) is 0 Å². The number of rotatable bonds is 7. The molecule has 0 aliphatic heterocycles. The van der Waals surface area contributed by atoms with Gasteiger partial charge in [0.25, 0.3) is 0 Å². The zero-order chi connectivity index (χ0) is 19.9. The van der Waals surface area contributed by atoms with E-state index in [2.05, 4.69) is 6.07 Å². The zero-order valence-electron chi connectivity index (χ0n) is 15.1. The third kappa shape index (κ3) is 4.65. The van der Waals surface area contributed by atoms with E-state index in [4.69, 9.17) is 15.7 Å². The molecule has 2 aromatic carbocycles. The van der Waals surface area contributed by atoms with Gasteiger partial charge in [-0.15, -0.1) is 0 Å². The Kier molecular flexibility index (Phi) is 5.87. The normalized spacial score (nSPS) is 11.4. The number of benzene rings is 2. The Morgan fingerprint density at radius 3 is 2.39 bits per heavy atom. The quantitative estimate of drug-likeness (QED) is 0.643. The summed E-state index contributed by atoms with van der Waals surface area (Å²) in [5.41, 5.74) is 8.52. The van der Waals surface area contributed by atoms with E-state index in [1.165, 1.54) is 0 Å². The first-order valence-corrected chi connectivity index (χ1v) is 8.73. The molecule has 6 heteroatoms. The summed E-state index contributed by atoms with van der Waals surface area (Å²) in [5.74, 6) is -1.11. The van der Waals surface area contributed by atoms with Crippen LogP contribution in [0.5, 0.6) is 0 Å². The first kappa shape index (κ1) is 18.9. The van der Waals surface area contributed by atoms with Crippen LogP contribution in [0.4, 0.5) is 0 Å². The van der Waals surface area contributed by atoms with Crippen molar-refractivity contribution in [3.8, 4) is 17.2 Å². The molecule has 3 rings (SSSR count). The molecule has 6 nitrogen and oxygen atoms in total. The number of aromatic nitrogens is 1. The molecule has 0 unspecified atom stereocenters. The number of nitriles is 1. The minimum Gasteiger partial charge on any atom is -0.459 e. The SMILES string of the molecule is N#Cc1ccc(-c2ccn([C@H](CC(N)=O)C(=O)OCc3ccccc3)c2)cc1. The summed E-state index contributed by atoms with van der Waals surface area (Å²) in [7, 11) is 0. The maximum Gasteiger partial charge on any atom is 0.329 e. The predicted molar refractivity (Wildman–Crippen MR) is 104 cm³/mol. The van der Waals surface area contributed by atoms with Gasteiger partial charge in [0.1, 0.15) is 12.6 Å². The Balaban J connectivity index is 1.77. The first-order valence-electron chi connectivity index (χ1n) is 8.73. The van der Waals surface area contributed by atoms with Gasteiger partial charge in [-0.25, -0.2) is 4.79 Å². The molecular formula is C22H19N3O3. The van der Waals surface area contributed by atoms with E-state index in [1.807, 2.05) is 48.5 Å². The lowest BCUT2D eigenvalue weighted by Crippen LogP contribution is -2.26. The second-order valence-electron chi connectivity index (χ2n) is 6.32. The van der Waals surface area contributed by atoms with Gasteiger partial charge in [-0.1, -0.05) is 42.5 Å². The van der Waals surface area contributed by atoms with Crippen LogP contribution < -0.4 is 5.73 Å². The van der Waals surface area contributed by atoms with E-state index < -0.39 is 17.9 Å². The molecule has 1 amide bonds. The molecular weight excluding hydrogens is 354 g/mol. The first-order chi connectivity index (χ1) is 13.6. The van der Waals surface area contributed by atoms with Gasteiger partial charge in [-0.3, -0.25) is 4.79 Å². The van der Waals surface area contributed by atoms with Crippen molar-refractivity contribution < 1.29 is 14.3 Å². The number of nitrogens with zero attached hydrogens (tertiary/aromatic N) is 2. The number of hydrogen-bond donors (Lipinski definition) is 1. The molecule has 0 saturated carbocycles. The Morgan fingerprint density at radius 1 is 1.04 bits per heavy atom. The zero-order valence-corrected chi connectivity index (χ0v) is 15.1. The molecule has 1 heterocycles. The van der Waals surface area contributed by atoms with Gasteiger partial charge in [0.15, 0.2) is 0 Å². The van der Waals surface area contributed by atoms with E-state index in [1.54, 1.807) is 29.1 Å². The molecule has 0 fully saturated rings. The lowest BCUT2D eigenvalue weighted by atomic mass is 10.1. The van der Waals surface area contributed by atoms with Crippen molar-refractivity contribution in [2.45, 2.75) is 19.1 Å². The van der Waals surface area contributed by atoms with Crippen LogP contribution in [0.1, 0.15) is 23.6 Å². The highest BCUT2D eigenvalue weighted by atomic mass is 16.5. The third-order valence-electron chi connectivity index (χ3n) is 4.31. The van der Waals surface area contributed by atoms with Crippen LogP contribution in [-0.4, -0.2) is 16.4 Å². The number of ether oxygens (including phenoxy) is 1. The summed E-state index contributed by atoms with van der Waals surface area (Å²) in [6.07, 6.45) is 3.32. The molecule has 1 aromatic heterocycles. The molecule has 140 valence electrons. The number of amides is 1. The number of carbonyl (C=O) groups excluding carboxylic acids is 2. The van der Waals surface area contributed by atoms with Crippen LogP contribution in [0.3, 0.4) is 0 Å². The summed E-state index contributed by atoms with van der Waals surface area (Å²) in [6, 6.07) is 19.5. The number of hydrogen-bond acceptors (Lipinski definition) is 4. The highest BCUT2D eigenvalue weighted by Crippen LogP contribution is 2.24. The van der Waals surface area contributed by atoms with Gasteiger partial charge in [-0.2, -0.15) is 5.26 Å². The van der Waals surface area contributed by atoms with Crippen molar-refractivity contribution in [2.24, 2.45) is 5.73 Å². The molecule has 0 radical (unpaired) electrons. The summed E-state index contributed by atoms with van der Waals surface area (Å²) in [5, 5.41) is 8.90. The van der Waals surface area contributed by atoms with E-state index >= 15 is 0 Å². The Morgan fingerprint density at radius 2 is 1.75 bits per heavy atom. The maximum atomic E-state index is 12.6. The van der Waals surface area contributed by atoms with E-state index in [9.17, 15) is 9.59 Å². The van der Waals surface area contributed by atoms with Crippen LogP contribution >= 0.6 is 0 Å². The maximum absolute atomic E-state index is 12.6. The molecule has 28 heavy (non-hydrogen) atoms. The van der Waals surface area contributed by atoms with E-state index in [-0.39, 0.29) is 13.0 Å². The van der Waals surface area contributed by atoms with Gasteiger partial charge in [0.2, 0.25) is 5.91 Å². The van der Waals surface area contributed by atoms with Gasteiger partial charge >= 0.3 is 5.97 Å². The Hall–Kier alpha value is -3.85. The number of nitrogens with two attached hydrogens (primary N) is 1. The third-order valence-corrected chi connectivity index (χ3v) is 4.31. The van der Waals surface area contributed by atoms with Gasteiger partial charge < -0.3 is 15.0 Å². The van der Waals surface area contributed by atoms with Crippen LogP contribution in [-0.2, 0) is 20.9 Å². The summed E-state index contributed by atoms with van der Waals surface area (Å²) >= 11 is 0. The largest absolute Gasteiger partial charge is 0.459 e. The van der Waals surface area contributed by atoms with Crippen molar-refractivity contribution in [3.05, 3.63) is 84.2 Å². The van der Waals surface area contributed by atoms with Crippen molar-refractivity contribution >= 4 is 11.9 Å². The molecule has 0 aliphatic carbocycles. The lowest BCUT2D eigenvalue weighted by molar-refractivity contribution is -0.150. The fourth-order valence-electron chi connectivity index (χ4n) is 2.84. The smallest absolute Gasteiger partial charge is 0.329 e. The van der Waals surface area contributed by atoms with Crippen molar-refractivity contribution in [1.82, 2.24) is 4.57 Å². The number of primary amides is 1. The van der Waals surface area contributed by atoms with Crippen molar-refractivity contribution in [3.63, 3.8) is 0 Å². The average Bonchev–Trinajstić information content (AvgIpc) is 3.21. The second kappa shape index (κ2) is 8.69. The second-order valence-corrected chi connectivity index (χ2v) is 6.32. The minimum atomic E-state index is -0.839.